The Kier molecular flexibility index (Phi) is 5.12. The zero-order chi connectivity index (χ0) is 20.4. The highest BCUT2D eigenvalue weighted by Gasteiger charge is 2.25. The molecule has 28 heavy (non-hydrogen) atoms. The van der Waals surface area contributed by atoms with E-state index < -0.39 is 23.7 Å². The van der Waals surface area contributed by atoms with Crippen molar-refractivity contribution in [1.82, 2.24) is 14.4 Å². The molecule has 3 heterocycles. The van der Waals surface area contributed by atoms with Crippen molar-refractivity contribution in [2.24, 2.45) is 11.5 Å². The van der Waals surface area contributed by atoms with Crippen LogP contribution in [0.2, 0.25) is 0 Å². The third-order valence-corrected chi connectivity index (χ3v) is 4.39. The smallest absolute Gasteiger partial charge is 0.252 e. The number of anilines is 3. The molecule has 2 amide bonds. The van der Waals surface area contributed by atoms with Crippen molar-refractivity contribution in [1.29, 1.82) is 0 Å². The number of likely N-dealkylation sites (N-methyl/N-ethyl adjacent to an activating group) is 1. The summed E-state index contributed by atoms with van der Waals surface area (Å²) >= 11 is 0. The number of hydrogen-bond donors (Lipinski definition) is 3. The number of fused-ring (bicyclic) bond motifs is 1. The molecule has 5 N–H and O–H groups in total. The quantitative estimate of drug-likeness (QED) is 0.563. The van der Waals surface area contributed by atoms with E-state index in [0.717, 1.165) is 11.7 Å². The first-order valence-electron chi connectivity index (χ1n) is 8.54. The molecule has 0 saturated heterocycles. The van der Waals surface area contributed by atoms with E-state index in [-0.39, 0.29) is 17.2 Å². The van der Waals surface area contributed by atoms with E-state index in [0.29, 0.717) is 12.1 Å². The fraction of sp³-hybridized carbons (Fsp3) is 0.222. The van der Waals surface area contributed by atoms with Crippen molar-refractivity contribution in [2.75, 3.05) is 17.3 Å². The van der Waals surface area contributed by atoms with E-state index in [1.165, 1.54) is 11.9 Å². The largest absolute Gasteiger partial charge is 0.368 e. The van der Waals surface area contributed by atoms with Crippen molar-refractivity contribution in [3.8, 4) is 0 Å². The van der Waals surface area contributed by atoms with E-state index >= 15 is 0 Å². The summed E-state index contributed by atoms with van der Waals surface area (Å²) in [4.78, 5) is 33.1. The van der Waals surface area contributed by atoms with E-state index in [1.54, 1.807) is 42.0 Å². The number of imidazole rings is 1. The number of rotatable bonds is 7. The molecule has 1 atom stereocenters. The molecule has 0 aliphatic heterocycles. The second-order valence-electron chi connectivity index (χ2n) is 6.23. The molecule has 0 aliphatic carbocycles. The Labute approximate surface area is 160 Å². The molecule has 3 aromatic rings. The Morgan fingerprint density at radius 2 is 2.11 bits per heavy atom. The Balaban J connectivity index is 2.04. The fourth-order valence-corrected chi connectivity index (χ4v) is 2.95. The number of amides is 2. The van der Waals surface area contributed by atoms with Crippen LogP contribution in [0.25, 0.3) is 5.65 Å². The lowest BCUT2D eigenvalue weighted by molar-refractivity contribution is -0.119. The molecule has 9 nitrogen and oxygen atoms in total. The molecule has 146 valence electrons. The maximum absolute atomic E-state index is 14.6. The lowest BCUT2D eigenvalue weighted by atomic mass is 10.1. The van der Waals surface area contributed by atoms with Crippen LogP contribution in [0.3, 0.4) is 0 Å². The van der Waals surface area contributed by atoms with Gasteiger partial charge in [-0.3, -0.25) is 9.59 Å². The van der Waals surface area contributed by atoms with Crippen LogP contribution in [-0.4, -0.2) is 39.3 Å². The predicted octanol–water partition coefficient (Wildman–Crippen LogP) is 1.41. The van der Waals surface area contributed by atoms with Crippen molar-refractivity contribution in [3.63, 3.8) is 0 Å². The SMILES string of the molecule is CCC(C(N)=O)N(C)c1nc(Nc2ccc3nccn3c2)c(C(N)=O)cc1F. The molecule has 3 aromatic heterocycles. The summed E-state index contributed by atoms with van der Waals surface area (Å²) in [7, 11) is 1.51. The summed E-state index contributed by atoms with van der Waals surface area (Å²) in [5, 5.41) is 2.97. The Bertz CT molecular complexity index is 1050. The average Bonchev–Trinajstić information content (AvgIpc) is 3.10. The van der Waals surface area contributed by atoms with Crippen LogP contribution >= 0.6 is 0 Å². The van der Waals surface area contributed by atoms with Gasteiger partial charge >= 0.3 is 0 Å². The summed E-state index contributed by atoms with van der Waals surface area (Å²) in [6, 6.07) is 3.74. The zero-order valence-electron chi connectivity index (χ0n) is 15.4. The molecule has 0 radical (unpaired) electrons. The first-order chi connectivity index (χ1) is 13.3. The van der Waals surface area contributed by atoms with Crippen molar-refractivity contribution < 1.29 is 14.0 Å². The van der Waals surface area contributed by atoms with Gasteiger partial charge < -0.3 is 26.1 Å². The molecule has 3 rings (SSSR count). The first kappa shape index (κ1) is 19.1. The Morgan fingerprint density at radius 3 is 2.75 bits per heavy atom. The molecule has 10 heteroatoms. The third kappa shape index (κ3) is 3.56. The number of halogens is 1. The molecular weight excluding hydrogens is 365 g/mol. The number of nitrogens with zero attached hydrogens (tertiary/aromatic N) is 4. The number of nitrogens with two attached hydrogens (primary N) is 2. The number of pyridine rings is 2. The van der Waals surface area contributed by atoms with Crippen molar-refractivity contribution in [2.45, 2.75) is 19.4 Å². The van der Waals surface area contributed by atoms with Crippen LogP contribution in [0.15, 0.2) is 36.8 Å². The van der Waals surface area contributed by atoms with Crippen LogP contribution in [0.1, 0.15) is 23.7 Å². The lowest BCUT2D eigenvalue weighted by Gasteiger charge is -2.26. The Hall–Kier alpha value is -3.69. The minimum Gasteiger partial charge on any atom is -0.368 e. The highest BCUT2D eigenvalue weighted by molar-refractivity contribution is 5.98. The summed E-state index contributed by atoms with van der Waals surface area (Å²) < 4.78 is 16.4. The van der Waals surface area contributed by atoms with Crippen LogP contribution in [0.4, 0.5) is 21.7 Å². The van der Waals surface area contributed by atoms with E-state index in [1.807, 2.05) is 0 Å². The van der Waals surface area contributed by atoms with Gasteiger partial charge in [0.25, 0.3) is 5.91 Å². The number of carbonyl (C=O) groups excluding carboxylic acids is 2. The van der Waals surface area contributed by atoms with Gasteiger partial charge in [-0.1, -0.05) is 6.92 Å². The maximum Gasteiger partial charge on any atom is 0.252 e. The number of hydrogen-bond acceptors (Lipinski definition) is 6. The molecule has 1 unspecified atom stereocenters. The fourth-order valence-electron chi connectivity index (χ4n) is 2.95. The zero-order valence-corrected chi connectivity index (χ0v) is 15.4. The molecule has 0 spiro atoms. The minimum absolute atomic E-state index is 0.0644. The third-order valence-electron chi connectivity index (χ3n) is 4.39. The van der Waals surface area contributed by atoms with Crippen molar-refractivity contribution in [3.05, 3.63) is 48.2 Å². The van der Waals surface area contributed by atoms with E-state index in [2.05, 4.69) is 15.3 Å². The molecule has 0 bridgehead atoms. The second-order valence-corrected chi connectivity index (χ2v) is 6.23. The minimum atomic E-state index is -0.839. The van der Waals surface area contributed by atoms with Gasteiger partial charge in [0.15, 0.2) is 11.6 Å². The molecule has 0 fully saturated rings. The summed E-state index contributed by atoms with van der Waals surface area (Å²) in [6.45, 7) is 1.75. The number of nitrogens with one attached hydrogen (secondary N) is 1. The van der Waals surface area contributed by atoms with Crippen LogP contribution < -0.4 is 21.7 Å². The standard InChI is InChI=1S/C18H20FN7O2/c1-3-13(16(21)28)25(2)18-12(19)8-11(15(20)27)17(24-18)23-10-4-5-14-22-6-7-26(14)9-10/h4-9,13H,3H2,1-2H3,(H2,20,27)(H2,21,28)(H,23,24). The van der Waals surface area contributed by atoms with Gasteiger partial charge in [-0.05, 0) is 24.6 Å². The topological polar surface area (TPSA) is 132 Å². The predicted molar refractivity (Wildman–Crippen MR) is 103 cm³/mol. The number of aromatic nitrogens is 3. The highest BCUT2D eigenvalue weighted by atomic mass is 19.1. The van der Waals surface area contributed by atoms with Gasteiger partial charge in [0.1, 0.15) is 17.5 Å². The Morgan fingerprint density at radius 1 is 1.36 bits per heavy atom. The van der Waals surface area contributed by atoms with Crippen molar-refractivity contribution >= 4 is 34.8 Å². The molecule has 0 aliphatic rings. The first-order valence-corrected chi connectivity index (χ1v) is 8.54. The molecule has 0 saturated carbocycles. The van der Waals surface area contributed by atoms with Crippen LogP contribution in [0.5, 0.6) is 0 Å². The van der Waals surface area contributed by atoms with E-state index in [4.69, 9.17) is 11.5 Å². The van der Waals surface area contributed by atoms with Crippen LogP contribution in [0, 0.1) is 5.82 Å². The van der Waals surface area contributed by atoms with Gasteiger partial charge in [-0.15, -0.1) is 0 Å². The molecular formula is C18H20FN7O2. The van der Waals surface area contributed by atoms with Gasteiger partial charge in [0.2, 0.25) is 5.91 Å². The van der Waals surface area contributed by atoms with Gasteiger partial charge in [0, 0.05) is 25.6 Å². The van der Waals surface area contributed by atoms with Gasteiger partial charge in [-0.2, -0.15) is 0 Å². The molecule has 0 aromatic carbocycles. The number of carbonyl (C=O) groups is 2. The summed E-state index contributed by atoms with van der Waals surface area (Å²) in [6.07, 6.45) is 5.50. The normalized spacial score (nSPS) is 12.0. The average molecular weight is 385 g/mol. The van der Waals surface area contributed by atoms with E-state index in [9.17, 15) is 14.0 Å². The highest BCUT2D eigenvalue weighted by Crippen LogP contribution is 2.27. The summed E-state index contributed by atoms with van der Waals surface area (Å²) in [5.74, 6) is -2.29. The summed E-state index contributed by atoms with van der Waals surface area (Å²) in [5.41, 5.74) is 12.0. The van der Waals surface area contributed by atoms with Crippen LogP contribution in [-0.2, 0) is 4.79 Å². The van der Waals surface area contributed by atoms with Gasteiger partial charge in [0.05, 0.1) is 11.3 Å². The monoisotopic (exact) mass is 385 g/mol. The lowest BCUT2D eigenvalue weighted by Crippen LogP contribution is -2.43. The second kappa shape index (κ2) is 7.51. The van der Waals surface area contributed by atoms with Gasteiger partial charge in [-0.25, -0.2) is 14.4 Å². The number of primary amides is 2. The maximum atomic E-state index is 14.6.